The van der Waals surface area contributed by atoms with Gasteiger partial charge in [-0.25, -0.2) is 18.2 Å². The van der Waals surface area contributed by atoms with Gasteiger partial charge in [-0.2, -0.15) is 0 Å². The number of carbonyl (C=O) groups excluding carboxylic acids is 1. The van der Waals surface area contributed by atoms with Gasteiger partial charge < -0.3 is 5.32 Å². The molecular weight excluding hydrogens is 451 g/mol. The number of thioether (sulfide) groups is 1. The number of rotatable bonds is 5. The van der Waals surface area contributed by atoms with Crippen LogP contribution in [0.25, 0.3) is 16.6 Å². The van der Waals surface area contributed by atoms with Crippen LogP contribution in [0.4, 0.5) is 18.9 Å². The van der Waals surface area contributed by atoms with Crippen LogP contribution in [-0.2, 0) is 4.79 Å². The molecule has 3 aromatic carbocycles. The first-order valence-corrected chi connectivity index (χ1v) is 10.9. The lowest BCUT2D eigenvalue weighted by Gasteiger charge is -2.15. The van der Waals surface area contributed by atoms with Crippen molar-refractivity contribution in [2.75, 3.05) is 11.1 Å². The van der Waals surface area contributed by atoms with Crippen LogP contribution in [0.15, 0.2) is 64.5 Å². The van der Waals surface area contributed by atoms with Crippen LogP contribution in [0.1, 0.15) is 11.1 Å². The highest BCUT2D eigenvalue weighted by molar-refractivity contribution is 7.99. The molecule has 0 aliphatic rings. The van der Waals surface area contributed by atoms with Crippen molar-refractivity contribution in [3.05, 3.63) is 93.5 Å². The second-order valence-corrected chi connectivity index (χ2v) is 8.34. The number of fused-ring (bicyclic) bond motifs is 1. The van der Waals surface area contributed by atoms with Crippen LogP contribution < -0.4 is 10.9 Å². The first kappa shape index (κ1) is 22.6. The molecule has 5 nitrogen and oxygen atoms in total. The van der Waals surface area contributed by atoms with Gasteiger partial charge in [-0.05, 0) is 49.7 Å². The van der Waals surface area contributed by atoms with Gasteiger partial charge in [0, 0.05) is 0 Å². The van der Waals surface area contributed by atoms with E-state index >= 15 is 0 Å². The third kappa shape index (κ3) is 4.49. The van der Waals surface area contributed by atoms with Crippen molar-refractivity contribution in [3.63, 3.8) is 0 Å². The van der Waals surface area contributed by atoms with E-state index < -0.39 is 29.0 Å². The summed E-state index contributed by atoms with van der Waals surface area (Å²) in [7, 11) is 0. The minimum atomic E-state index is -1.67. The number of halogens is 3. The summed E-state index contributed by atoms with van der Waals surface area (Å²) in [5.74, 6) is -5.41. The van der Waals surface area contributed by atoms with Crippen LogP contribution in [0.2, 0.25) is 0 Å². The van der Waals surface area contributed by atoms with Gasteiger partial charge in [0.2, 0.25) is 5.91 Å². The second-order valence-electron chi connectivity index (χ2n) is 7.40. The van der Waals surface area contributed by atoms with E-state index in [1.165, 1.54) is 4.57 Å². The average Bonchev–Trinajstić information content (AvgIpc) is 2.79. The van der Waals surface area contributed by atoms with Gasteiger partial charge in [0.25, 0.3) is 5.56 Å². The number of aryl methyl sites for hydroxylation is 2. The fraction of sp³-hybridized carbons (Fsp3) is 0.125. The second kappa shape index (κ2) is 9.11. The number of para-hydroxylation sites is 1. The van der Waals surface area contributed by atoms with Gasteiger partial charge in [-0.15, -0.1) is 0 Å². The third-order valence-electron chi connectivity index (χ3n) is 4.98. The van der Waals surface area contributed by atoms with Crippen molar-refractivity contribution >= 4 is 34.3 Å². The third-order valence-corrected chi connectivity index (χ3v) is 5.92. The number of hydrogen-bond acceptors (Lipinski definition) is 4. The number of nitrogens with zero attached hydrogens (tertiary/aromatic N) is 2. The summed E-state index contributed by atoms with van der Waals surface area (Å²) >= 11 is 0.974. The van der Waals surface area contributed by atoms with Crippen molar-refractivity contribution < 1.29 is 18.0 Å². The molecule has 4 rings (SSSR count). The molecule has 0 fully saturated rings. The van der Waals surface area contributed by atoms with Crippen LogP contribution in [0, 0.1) is 31.3 Å². The molecule has 0 saturated heterocycles. The Kier molecular flexibility index (Phi) is 6.24. The Morgan fingerprint density at radius 2 is 1.79 bits per heavy atom. The van der Waals surface area contributed by atoms with Crippen molar-refractivity contribution in [1.82, 2.24) is 9.55 Å². The predicted molar refractivity (Wildman–Crippen MR) is 122 cm³/mol. The van der Waals surface area contributed by atoms with E-state index in [4.69, 9.17) is 0 Å². The summed E-state index contributed by atoms with van der Waals surface area (Å²) < 4.78 is 41.9. The molecule has 0 aliphatic heterocycles. The maximum Gasteiger partial charge on any atom is 0.266 e. The van der Waals surface area contributed by atoms with E-state index in [1.54, 1.807) is 24.3 Å². The molecule has 1 N–H and O–H groups in total. The standard InChI is InChI=1S/C24H18F3N3O2S/c1-13-7-10-19(14(2)11-13)30-23(32)15-5-3-4-6-17(15)29-24(30)33-12-20(31)28-18-9-8-16(25)21(26)22(18)27/h3-11H,12H2,1-2H3,(H,28,31). The van der Waals surface area contributed by atoms with Crippen LogP contribution in [-0.4, -0.2) is 21.2 Å². The molecule has 1 amide bonds. The van der Waals surface area contributed by atoms with Gasteiger partial charge in [0.15, 0.2) is 22.6 Å². The number of hydrogen-bond donors (Lipinski definition) is 1. The van der Waals surface area contributed by atoms with E-state index in [0.29, 0.717) is 16.6 Å². The molecule has 1 aromatic heterocycles. The summed E-state index contributed by atoms with van der Waals surface area (Å²) in [4.78, 5) is 30.3. The number of anilines is 1. The average molecular weight is 469 g/mol. The zero-order chi connectivity index (χ0) is 23.7. The Balaban J connectivity index is 1.69. The number of amides is 1. The number of nitrogens with one attached hydrogen (secondary N) is 1. The molecule has 1 heterocycles. The molecule has 0 atom stereocenters. The molecule has 33 heavy (non-hydrogen) atoms. The van der Waals surface area contributed by atoms with Gasteiger partial charge in [-0.1, -0.05) is 41.6 Å². The lowest BCUT2D eigenvalue weighted by Crippen LogP contribution is -2.23. The quantitative estimate of drug-likeness (QED) is 0.249. The van der Waals surface area contributed by atoms with Crippen LogP contribution in [0.3, 0.4) is 0 Å². The zero-order valence-electron chi connectivity index (χ0n) is 17.7. The molecule has 4 aromatic rings. The van der Waals surface area contributed by atoms with Crippen molar-refractivity contribution in [2.24, 2.45) is 0 Å². The number of aromatic nitrogens is 2. The highest BCUT2D eigenvalue weighted by atomic mass is 32.2. The van der Waals surface area contributed by atoms with Crippen LogP contribution >= 0.6 is 11.8 Å². The van der Waals surface area contributed by atoms with E-state index in [9.17, 15) is 22.8 Å². The van der Waals surface area contributed by atoms with Gasteiger partial charge in [0.1, 0.15) is 0 Å². The summed E-state index contributed by atoms with van der Waals surface area (Å²) in [6, 6.07) is 14.2. The first-order chi connectivity index (χ1) is 15.8. The van der Waals surface area contributed by atoms with Crippen molar-refractivity contribution in [2.45, 2.75) is 19.0 Å². The molecule has 0 aliphatic carbocycles. The lowest BCUT2D eigenvalue weighted by molar-refractivity contribution is -0.113. The molecule has 9 heteroatoms. The molecule has 0 saturated carbocycles. The van der Waals surface area contributed by atoms with Gasteiger partial charge in [-0.3, -0.25) is 14.2 Å². The Labute approximate surface area is 191 Å². The van der Waals surface area contributed by atoms with E-state index in [-0.39, 0.29) is 16.5 Å². The Hall–Kier alpha value is -3.59. The summed E-state index contributed by atoms with van der Waals surface area (Å²) in [5, 5.41) is 2.92. The topological polar surface area (TPSA) is 64.0 Å². The molecule has 0 spiro atoms. The molecule has 0 unspecified atom stereocenters. The molecule has 168 valence electrons. The Morgan fingerprint density at radius 3 is 2.55 bits per heavy atom. The minimum absolute atomic E-state index is 0.242. The maximum atomic E-state index is 13.9. The monoisotopic (exact) mass is 469 g/mol. The predicted octanol–water partition coefficient (Wildman–Crippen LogP) is 5.15. The van der Waals surface area contributed by atoms with Gasteiger partial charge in [0.05, 0.1) is 28.0 Å². The van der Waals surface area contributed by atoms with Crippen molar-refractivity contribution in [1.29, 1.82) is 0 Å². The summed E-state index contributed by atoms with van der Waals surface area (Å²) in [6.07, 6.45) is 0. The zero-order valence-corrected chi connectivity index (χ0v) is 18.5. The summed E-state index contributed by atoms with van der Waals surface area (Å²) in [5.41, 5.74) is 2.21. The van der Waals surface area contributed by atoms with Gasteiger partial charge >= 0.3 is 0 Å². The highest BCUT2D eigenvalue weighted by Crippen LogP contribution is 2.25. The fourth-order valence-corrected chi connectivity index (χ4v) is 4.22. The fourth-order valence-electron chi connectivity index (χ4n) is 3.42. The summed E-state index contributed by atoms with van der Waals surface area (Å²) in [6.45, 7) is 3.81. The Bertz CT molecular complexity index is 1450. The normalized spacial score (nSPS) is 11.1. The largest absolute Gasteiger partial charge is 0.323 e. The SMILES string of the molecule is Cc1ccc(-n2c(SCC(=O)Nc3ccc(F)c(F)c3F)nc3ccccc3c2=O)c(C)c1. The van der Waals surface area contributed by atoms with E-state index in [2.05, 4.69) is 10.3 Å². The van der Waals surface area contributed by atoms with Crippen LogP contribution in [0.5, 0.6) is 0 Å². The Morgan fingerprint density at radius 1 is 1.03 bits per heavy atom. The maximum absolute atomic E-state index is 13.9. The first-order valence-electron chi connectivity index (χ1n) is 9.92. The lowest BCUT2D eigenvalue weighted by atomic mass is 10.1. The number of benzene rings is 3. The smallest absolute Gasteiger partial charge is 0.266 e. The van der Waals surface area contributed by atoms with E-state index in [0.717, 1.165) is 35.0 Å². The van der Waals surface area contributed by atoms with E-state index in [1.807, 2.05) is 32.0 Å². The molecule has 0 bridgehead atoms. The molecule has 0 radical (unpaired) electrons. The highest BCUT2D eigenvalue weighted by Gasteiger charge is 2.18. The molecular formula is C24H18F3N3O2S. The number of carbonyl (C=O) groups is 1. The minimum Gasteiger partial charge on any atom is -0.323 e. The van der Waals surface area contributed by atoms with Crippen molar-refractivity contribution in [3.8, 4) is 5.69 Å².